The summed E-state index contributed by atoms with van der Waals surface area (Å²) in [6, 6.07) is 16.7. The van der Waals surface area contributed by atoms with E-state index in [-0.39, 0.29) is 18.9 Å². The van der Waals surface area contributed by atoms with Crippen molar-refractivity contribution in [3.63, 3.8) is 0 Å². The van der Waals surface area contributed by atoms with Crippen LogP contribution in [0.1, 0.15) is 12.0 Å². The van der Waals surface area contributed by atoms with Gasteiger partial charge in [0.2, 0.25) is 5.91 Å². The number of amides is 2. The number of hydrogen-bond donors (Lipinski definition) is 2. The van der Waals surface area contributed by atoms with Crippen LogP contribution in [0.4, 0.5) is 0 Å². The van der Waals surface area contributed by atoms with Gasteiger partial charge in [0.25, 0.3) is 5.91 Å². The molecule has 9 heteroatoms. The number of ether oxygens (including phenoxy) is 1. The van der Waals surface area contributed by atoms with Gasteiger partial charge >= 0.3 is 5.97 Å². The minimum absolute atomic E-state index is 0.0343. The third-order valence-corrected chi connectivity index (χ3v) is 5.39. The van der Waals surface area contributed by atoms with Gasteiger partial charge in [-0.1, -0.05) is 54.3 Å². The van der Waals surface area contributed by atoms with Crippen LogP contribution in [-0.2, 0) is 14.4 Å². The minimum Gasteiger partial charge on any atom is -0.480 e. The van der Waals surface area contributed by atoms with E-state index in [2.05, 4.69) is 5.32 Å². The first-order valence-corrected chi connectivity index (χ1v) is 10.2. The molecule has 2 aromatic carbocycles. The van der Waals surface area contributed by atoms with E-state index >= 15 is 0 Å². The van der Waals surface area contributed by atoms with Crippen LogP contribution in [0.15, 0.2) is 59.5 Å². The molecule has 0 unspecified atom stereocenters. The number of aliphatic carboxylic acids is 1. The highest BCUT2D eigenvalue weighted by molar-refractivity contribution is 8.26. The number of para-hydroxylation sites is 1. The van der Waals surface area contributed by atoms with Gasteiger partial charge in [-0.3, -0.25) is 19.3 Å². The van der Waals surface area contributed by atoms with E-state index in [1.165, 1.54) is 4.90 Å². The largest absolute Gasteiger partial charge is 0.480 e. The predicted molar refractivity (Wildman–Crippen MR) is 118 cm³/mol. The lowest BCUT2D eigenvalue weighted by Crippen LogP contribution is -2.35. The van der Waals surface area contributed by atoms with Crippen molar-refractivity contribution in [2.45, 2.75) is 6.42 Å². The van der Waals surface area contributed by atoms with Crippen molar-refractivity contribution in [3.8, 4) is 11.5 Å². The number of rotatable bonds is 8. The molecule has 0 aromatic heterocycles. The molecule has 154 valence electrons. The molecule has 7 nitrogen and oxygen atoms in total. The molecule has 1 fully saturated rings. The van der Waals surface area contributed by atoms with Crippen LogP contribution >= 0.6 is 24.0 Å². The van der Waals surface area contributed by atoms with Gasteiger partial charge in [-0.25, -0.2) is 0 Å². The Morgan fingerprint density at radius 3 is 2.60 bits per heavy atom. The zero-order valence-corrected chi connectivity index (χ0v) is 17.4. The van der Waals surface area contributed by atoms with Crippen LogP contribution in [0.2, 0.25) is 0 Å². The molecule has 2 aromatic rings. The topological polar surface area (TPSA) is 95.9 Å². The van der Waals surface area contributed by atoms with E-state index < -0.39 is 18.4 Å². The van der Waals surface area contributed by atoms with E-state index in [1.807, 2.05) is 54.6 Å². The van der Waals surface area contributed by atoms with Crippen molar-refractivity contribution < 1.29 is 24.2 Å². The van der Waals surface area contributed by atoms with E-state index in [9.17, 15) is 14.4 Å². The minimum atomic E-state index is -1.13. The normalized spacial score (nSPS) is 14.8. The first-order chi connectivity index (χ1) is 14.4. The molecule has 0 saturated carbocycles. The third kappa shape index (κ3) is 5.91. The maximum Gasteiger partial charge on any atom is 0.322 e. The Hall–Kier alpha value is -3.17. The lowest BCUT2D eigenvalue weighted by molar-refractivity contribution is -0.138. The van der Waals surface area contributed by atoms with Crippen LogP contribution in [0.5, 0.6) is 11.5 Å². The third-order valence-electron chi connectivity index (χ3n) is 4.01. The number of carbonyl (C=O) groups is 3. The van der Waals surface area contributed by atoms with Gasteiger partial charge in [-0.05, 0) is 35.9 Å². The Morgan fingerprint density at radius 2 is 1.87 bits per heavy atom. The monoisotopic (exact) mass is 442 g/mol. The first kappa shape index (κ1) is 21.5. The van der Waals surface area contributed by atoms with Crippen molar-refractivity contribution >= 4 is 52.2 Å². The molecule has 1 saturated heterocycles. The second-order valence-corrected chi connectivity index (χ2v) is 7.92. The second-order valence-electron chi connectivity index (χ2n) is 6.24. The smallest absolute Gasteiger partial charge is 0.322 e. The Labute approximate surface area is 182 Å². The van der Waals surface area contributed by atoms with Crippen molar-refractivity contribution in [1.29, 1.82) is 0 Å². The molecule has 3 rings (SSSR count). The number of nitrogens with one attached hydrogen (secondary N) is 1. The zero-order valence-electron chi connectivity index (χ0n) is 15.7. The van der Waals surface area contributed by atoms with Crippen LogP contribution in [0, 0.1) is 0 Å². The Kier molecular flexibility index (Phi) is 7.21. The van der Waals surface area contributed by atoms with Crippen molar-refractivity contribution in [2.75, 3.05) is 13.1 Å². The quantitative estimate of drug-likeness (QED) is 0.478. The van der Waals surface area contributed by atoms with Gasteiger partial charge in [-0.15, -0.1) is 0 Å². The van der Waals surface area contributed by atoms with Crippen LogP contribution < -0.4 is 10.1 Å². The summed E-state index contributed by atoms with van der Waals surface area (Å²) in [5.41, 5.74) is 0.781. The fourth-order valence-corrected chi connectivity index (χ4v) is 3.92. The van der Waals surface area contributed by atoms with Gasteiger partial charge in [0.15, 0.2) is 0 Å². The van der Waals surface area contributed by atoms with E-state index in [0.29, 0.717) is 20.7 Å². The molecule has 30 heavy (non-hydrogen) atoms. The second kappa shape index (κ2) is 10.0. The predicted octanol–water partition coefficient (Wildman–Crippen LogP) is 3.27. The molecule has 1 heterocycles. The van der Waals surface area contributed by atoms with E-state index in [1.54, 1.807) is 6.08 Å². The molecular weight excluding hydrogens is 424 g/mol. The molecule has 1 aliphatic rings. The van der Waals surface area contributed by atoms with Crippen LogP contribution in [-0.4, -0.2) is 45.2 Å². The summed E-state index contributed by atoms with van der Waals surface area (Å²) in [4.78, 5) is 36.6. The highest BCUT2D eigenvalue weighted by atomic mass is 32.2. The highest BCUT2D eigenvalue weighted by Gasteiger charge is 2.32. The molecule has 0 atom stereocenters. The van der Waals surface area contributed by atoms with E-state index in [0.717, 1.165) is 17.3 Å². The molecule has 1 aliphatic heterocycles. The van der Waals surface area contributed by atoms with E-state index in [4.69, 9.17) is 22.1 Å². The molecule has 2 N–H and O–H groups in total. The van der Waals surface area contributed by atoms with Gasteiger partial charge in [0.1, 0.15) is 22.4 Å². The lowest BCUT2D eigenvalue weighted by atomic mass is 10.2. The summed E-state index contributed by atoms with van der Waals surface area (Å²) >= 11 is 6.42. The van der Waals surface area contributed by atoms with Gasteiger partial charge in [-0.2, -0.15) is 0 Å². The fourth-order valence-electron chi connectivity index (χ4n) is 2.61. The number of carbonyl (C=O) groups excluding carboxylic acids is 2. The average molecular weight is 443 g/mol. The first-order valence-electron chi connectivity index (χ1n) is 8.99. The standard InChI is InChI=1S/C21H18N2O5S2/c24-18(22-13-19(25)26)9-10-23-20(27)17(30-21(23)29)12-14-5-4-8-16(11-14)28-15-6-2-1-3-7-15/h1-8,11-12H,9-10,13H2,(H,22,24)(H,25,26)/b17-12-. The van der Waals surface area contributed by atoms with Crippen molar-refractivity contribution in [1.82, 2.24) is 10.2 Å². The Morgan fingerprint density at radius 1 is 1.13 bits per heavy atom. The van der Waals surface area contributed by atoms with Crippen molar-refractivity contribution in [3.05, 3.63) is 65.1 Å². The number of thioether (sulfide) groups is 1. The van der Waals surface area contributed by atoms with Crippen molar-refractivity contribution in [2.24, 2.45) is 0 Å². The SMILES string of the molecule is O=C(O)CNC(=O)CCN1C(=O)/C(=C/c2cccc(Oc3ccccc3)c2)SC1=S. The van der Waals surface area contributed by atoms with Gasteiger partial charge in [0.05, 0.1) is 4.91 Å². The Bertz CT molecular complexity index is 1010. The summed E-state index contributed by atoms with van der Waals surface area (Å²) in [7, 11) is 0. The molecule has 0 aliphatic carbocycles. The van der Waals surface area contributed by atoms with Gasteiger partial charge < -0.3 is 15.2 Å². The van der Waals surface area contributed by atoms with Crippen LogP contribution in [0.3, 0.4) is 0 Å². The zero-order chi connectivity index (χ0) is 21.5. The number of thiocarbonyl (C=S) groups is 1. The summed E-state index contributed by atoms with van der Waals surface area (Å²) in [5.74, 6) is -0.523. The maximum absolute atomic E-state index is 12.7. The molecular formula is C21H18N2O5S2. The summed E-state index contributed by atoms with van der Waals surface area (Å²) in [6.07, 6.45) is 1.69. The number of hydrogen-bond acceptors (Lipinski definition) is 6. The molecule has 0 radical (unpaired) electrons. The molecule has 0 spiro atoms. The number of carboxylic acids is 1. The summed E-state index contributed by atoms with van der Waals surface area (Å²) < 4.78 is 6.17. The lowest BCUT2D eigenvalue weighted by Gasteiger charge is -2.13. The number of nitrogens with zero attached hydrogens (tertiary/aromatic N) is 1. The number of carboxylic acid groups (broad SMARTS) is 1. The Balaban J connectivity index is 1.64. The fraction of sp³-hybridized carbons (Fsp3) is 0.143. The molecule has 2 amide bonds. The van der Waals surface area contributed by atoms with Crippen LogP contribution in [0.25, 0.3) is 6.08 Å². The average Bonchev–Trinajstić information content (AvgIpc) is 2.98. The maximum atomic E-state index is 12.7. The molecule has 0 bridgehead atoms. The van der Waals surface area contributed by atoms with Gasteiger partial charge in [0, 0.05) is 13.0 Å². The summed E-state index contributed by atoms with van der Waals surface area (Å²) in [5, 5.41) is 10.8. The number of benzene rings is 2. The highest BCUT2D eigenvalue weighted by Crippen LogP contribution is 2.33. The summed E-state index contributed by atoms with van der Waals surface area (Å²) in [6.45, 7) is -0.372.